The molecule has 1 fully saturated rings. The van der Waals surface area contributed by atoms with Crippen LogP contribution in [0.4, 0.5) is 0 Å². The van der Waals surface area contributed by atoms with E-state index in [4.69, 9.17) is 9.47 Å². The van der Waals surface area contributed by atoms with Gasteiger partial charge in [0, 0.05) is 25.4 Å². The number of fused-ring (bicyclic) bond motifs is 2. The lowest BCUT2D eigenvalue weighted by Gasteiger charge is -2.26. The molecule has 2 aliphatic rings. The molecular formula is C24H25N3O4. The van der Waals surface area contributed by atoms with E-state index < -0.39 is 0 Å². The summed E-state index contributed by atoms with van der Waals surface area (Å²) >= 11 is 0. The van der Waals surface area contributed by atoms with E-state index >= 15 is 0 Å². The Balaban J connectivity index is 1.43. The zero-order valence-corrected chi connectivity index (χ0v) is 17.5. The van der Waals surface area contributed by atoms with Crippen LogP contribution in [0.1, 0.15) is 36.6 Å². The maximum absolute atomic E-state index is 13.3. The zero-order valence-electron chi connectivity index (χ0n) is 17.5. The molecule has 1 saturated heterocycles. The van der Waals surface area contributed by atoms with Crippen LogP contribution in [-0.4, -0.2) is 40.3 Å². The minimum Gasteiger partial charge on any atom is -0.490 e. The summed E-state index contributed by atoms with van der Waals surface area (Å²) in [5, 5.41) is 5.73. The number of amides is 1. The molecule has 0 radical (unpaired) electrons. The van der Waals surface area contributed by atoms with Crippen LogP contribution in [-0.2, 0) is 18.3 Å². The van der Waals surface area contributed by atoms with Crippen molar-refractivity contribution in [3.8, 4) is 11.5 Å². The van der Waals surface area contributed by atoms with Crippen LogP contribution in [0.2, 0.25) is 0 Å². The number of ether oxygens (including phenoxy) is 2. The average Bonchev–Trinajstić information content (AvgIpc) is 3.16. The fourth-order valence-electron chi connectivity index (χ4n) is 4.55. The summed E-state index contributed by atoms with van der Waals surface area (Å²) in [5.41, 5.74) is 1.54. The van der Waals surface area contributed by atoms with E-state index in [1.165, 1.54) is 4.68 Å². The fraction of sp³-hybridized carbons (Fsp3) is 0.375. The van der Waals surface area contributed by atoms with Gasteiger partial charge in [0.15, 0.2) is 11.5 Å². The molecule has 1 aromatic heterocycles. The molecule has 3 aromatic rings. The van der Waals surface area contributed by atoms with Crippen molar-refractivity contribution in [2.24, 2.45) is 7.05 Å². The Morgan fingerprint density at radius 2 is 1.84 bits per heavy atom. The number of hydrogen-bond acceptors (Lipinski definition) is 5. The first kappa shape index (κ1) is 19.6. The van der Waals surface area contributed by atoms with Crippen molar-refractivity contribution >= 4 is 16.7 Å². The fourth-order valence-corrected chi connectivity index (χ4v) is 4.55. The third-order valence-electron chi connectivity index (χ3n) is 6.08. The smallest absolute Gasteiger partial charge is 0.274 e. The number of rotatable bonds is 3. The monoisotopic (exact) mass is 419 g/mol. The lowest BCUT2D eigenvalue weighted by Crippen LogP contribution is -2.33. The summed E-state index contributed by atoms with van der Waals surface area (Å²) in [6, 6.07) is 13.3. The summed E-state index contributed by atoms with van der Waals surface area (Å²) in [4.78, 5) is 27.6. The second-order valence-electron chi connectivity index (χ2n) is 8.10. The quantitative estimate of drug-likeness (QED) is 0.653. The van der Waals surface area contributed by atoms with E-state index in [2.05, 4.69) is 5.10 Å². The highest BCUT2D eigenvalue weighted by Crippen LogP contribution is 2.38. The molecule has 1 atom stereocenters. The number of likely N-dealkylation sites (tertiary alicyclic amines) is 1. The molecule has 7 nitrogen and oxygen atoms in total. The second-order valence-corrected chi connectivity index (χ2v) is 8.10. The van der Waals surface area contributed by atoms with Gasteiger partial charge in [-0.3, -0.25) is 9.59 Å². The van der Waals surface area contributed by atoms with Gasteiger partial charge < -0.3 is 14.4 Å². The van der Waals surface area contributed by atoms with Gasteiger partial charge in [-0.25, -0.2) is 4.68 Å². The molecule has 0 bridgehead atoms. The van der Waals surface area contributed by atoms with Crippen LogP contribution in [0.3, 0.4) is 0 Å². The molecule has 0 aliphatic carbocycles. The second kappa shape index (κ2) is 8.06. The molecule has 0 spiro atoms. The number of hydrogen-bond donors (Lipinski definition) is 0. The lowest BCUT2D eigenvalue weighted by molar-refractivity contribution is -0.131. The Morgan fingerprint density at radius 3 is 2.68 bits per heavy atom. The van der Waals surface area contributed by atoms with Crippen molar-refractivity contribution in [3.63, 3.8) is 0 Å². The van der Waals surface area contributed by atoms with Crippen molar-refractivity contribution in [2.45, 2.75) is 31.7 Å². The normalized spacial score (nSPS) is 18.2. The summed E-state index contributed by atoms with van der Waals surface area (Å²) in [6.07, 6.45) is 2.88. The van der Waals surface area contributed by atoms with Gasteiger partial charge in [0.25, 0.3) is 5.56 Å². The molecule has 3 heterocycles. The molecular weight excluding hydrogens is 394 g/mol. The van der Waals surface area contributed by atoms with Gasteiger partial charge in [-0.2, -0.15) is 5.10 Å². The predicted octanol–water partition coefficient (Wildman–Crippen LogP) is 3.00. The third kappa shape index (κ3) is 3.65. The molecule has 31 heavy (non-hydrogen) atoms. The van der Waals surface area contributed by atoms with E-state index in [1.807, 2.05) is 41.3 Å². The van der Waals surface area contributed by atoms with E-state index in [9.17, 15) is 9.59 Å². The number of carbonyl (C=O) groups is 1. The highest BCUT2D eigenvalue weighted by atomic mass is 16.5. The van der Waals surface area contributed by atoms with Gasteiger partial charge in [0.1, 0.15) is 0 Å². The maximum Gasteiger partial charge on any atom is 0.274 e. The summed E-state index contributed by atoms with van der Waals surface area (Å²) in [6.45, 7) is 2.00. The van der Waals surface area contributed by atoms with Crippen LogP contribution in [0.15, 0.2) is 47.3 Å². The summed E-state index contributed by atoms with van der Waals surface area (Å²) in [5.74, 6) is 1.53. The zero-order chi connectivity index (χ0) is 21.4. The van der Waals surface area contributed by atoms with Crippen LogP contribution in [0, 0.1) is 0 Å². The van der Waals surface area contributed by atoms with Crippen molar-refractivity contribution in [2.75, 3.05) is 19.8 Å². The third-order valence-corrected chi connectivity index (χ3v) is 6.08. The topological polar surface area (TPSA) is 73.7 Å². The number of aromatic nitrogens is 2. The first-order valence-electron chi connectivity index (χ1n) is 10.8. The lowest BCUT2D eigenvalue weighted by atomic mass is 10.0. The average molecular weight is 419 g/mol. The first-order chi connectivity index (χ1) is 15.1. The molecule has 7 heteroatoms. The minimum absolute atomic E-state index is 0.00319. The summed E-state index contributed by atoms with van der Waals surface area (Å²) < 4.78 is 12.9. The van der Waals surface area contributed by atoms with Crippen LogP contribution < -0.4 is 15.0 Å². The first-order valence-corrected chi connectivity index (χ1v) is 10.8. The number of benzene rings is 2. The van der Waals surface area contributed by atoms with Gasteiger partial charge in [-0.1, -0.05) is 24.3 Å². The molecule has 160 valence electrons. The summed E-state index contributed by atoms with van der Waals surface area (Å²) in [7, 11) is 1.62. The molecule has 0 unspecified atom stereocenters. The Hall–Kier alpha value is -3.35. The van der Waals surface area contributed by atoms with E-state index in [-0.39, 0.29) is 23.9 Å². The van der Waals surface area contributed by atoms with Crippen molar-refractivity contribution in [1.82, 2.24) is 14.7 Å². The Bertz CT molecular complexity index is 1200. The molecule has 1 amide bonds. The predicted molar refractivity (Wildman–Crippen MR) is 116 cm³/mol. The van der Waals surface area contributed by atoms with Crippen molar-refractivity contribution < 1.29 is 14.3 Å². The highest BCUT2D eigenvalue weighted by Gasteiger charge is 2.31. The molecule has 2 aromatic carbocycles. The number of aryl methyl sites for hydroxylation is 1. The SMILES string of the molecule is Cn1nc(CC(=O)N2CCC[C@H]2c2ccc3c(c2)OCCCO3)c2ccccc2c1=O. The van der Waals surface area contributed by atoms with Gasteiger partial charge in [-0.15, -0.1) is 0 Å². The van der Waals surface area contributed by atoms with Crippen molar-refractivity contribution in [1.29, 1.82) is 0 Å². The minimum atomic E-state index is -0.155. The largest absolute Gasteiger partial charge is 0.490 e. The molecule has 0 N–H and O–H groups in total. The van der Waals surface area contributed by atoms with E-state index in [0.29, 0.717) is 30.8 Å². The van der Waals surface area contributed by atoms with Crippen LogP contribution >= 0.6 is 0 Å². The molecule has 0 saturated carbocycles. The Kier molecular flexibility index (Phi) is 5.10. The molecule has 5 rings (SSSR count). The van der Waals surface area contributed by atoms with Crippen LogP contribution in [0.25, 0.3) is 10.8 Å². The Labute approximate surface area is 180 Å². The standard InChI is InChI=1S/C24H25N3O4/c1-26-24(29)18-7-3-2-6-17(18)19(25-26)15-23(28)27-11-4-8-20(27)16-9-10-21-22(14-16)31-13-5-12-30-21/h2-3,6-7,9-10,14,20H,4-5,8,11-13,15H2,1H3/t20-/m0/s1. The maximum atomic E-state index is 13.3. The number of nitrogens with zero attached hydrogens (tertiary/aromatic N) is 3. The van der Waals surface area contributed by atoms with Gasteiger partial charge >= 0.3 is 0 Å². The van der Waals surface area contributed by atoms with Gasteiger partial charge in [-0.05, 0) is 36.6 Å². The Morgan fingerprint density at radius 1 is 1.06 bits per heavy atom. The van der Waals surface area contributed by atoms with Crippen molar-refractivity contribution in [3.05, 3.63) is 64.1 Å². The van der Waals surface area contributed by atoms with E-state index in [1.54, 1.807) is 13.1 Å². The number of carbonyl (C=O) groups excluding carboxylic acids is 1. The highest BCUT2D eigenvalue weighted by molar-refractivity contribution is 5.88. The van der Waals surface area contributed by atoms with Crippen LogP contribution in [0.5, 0.6) is 11.5 Å². The van der Waals surface area contributed by atoms with Gasteiger partial charge in [0.2, 0.25) is 5.91 Å². The van der Waals surface area contributed by atoms with E-state index in [0.717, 1.165) is 41.7 Å². The molecule has 2 aliphatic heterocycles. The van der Waals surface area contributed by atoms with Gasteiger partial charge in [0.05, 0.1) is 36.8 Å².